The van der Waals surface area contributed by atoms with Crippen LogP contribution in [0.4, 0.5) is 0 Å². The first-order chi connectivity index (χ1) is 4.95. The summed E-state index contributed by atoms with van der Waals surface area (Å²) in [5.74, 6) is 0. The van der Waals surface area contributed by atoms with Gasteiger partial charge in [-0.05, 0) is 29.8 Å². The van der Waals surface area contributed by atoms with Crippen molar-refractivity contribution in [2.24, 2.45) is 5.10 Å². The normalized spacial score (nSPS) is 14.5. The van der Waals surface area contributed by atoms with Gasteiger partial charge in [0, 0.05) is 11.5 Å². The Bertz CT molecular complexity index is 175. The van der Waals surface area contributed by atoms with Crippen LogP contribution in [0.2, 0.25) is 0 Å². The molecule has 0 aromatic heterocycles. The molecule has 1 unspecified atom stereocenters. The zero-order valence-electron chi connectivity index (χ0n) is 6.93. The van der Waals surface area contributed by atoms with E-state index in [4.69, 9.17) is 0 Å². The quantitative estimate of drug-likeness (QED) is 0.337. The van der Waals surface area contributed by atoms with E-state index in [0.29, 0.717) is 0 Å². The monoisotopic (exact) mass is 282 g/mol. The Morgan fingerprint density at radius 3 is 2.36 bits per heavy atom. The summed E-state index contributed by atoms with van der Waals surface area (Å²) in [6.07, 6.45) is 0. The van der Waals surface area contributed by atoms with Gasteiger partial charge in [-0.15, -0.1) is 0 Å². The van der Waals surface area contributed by atoms with Gasteiger partial charge in [0.15, 0.2) is 0 Å². The summed E-state index contributed by atoms with van der Waals surface area (Å²) in [7, 11) is 1.90. The van der Waals surface area contributed by atoms with E-state index in [1.807, 2.05) is 25.9 Å². The van der Waals surface area contributed by atoms with Crippen LogP contribution in [0.1, 0.15) is 13.8 Å². The minimum Gasteiger partial charge on any atom is -0.286 e. The molecule has 0 aliphatic heterocycles. The van der Waals surface area contributed by atoms with Crippen molar-refractivity contribution in [1.82, 2.24) is 5.01 Å². The Balaban J connectivity index is 4.19. The van der Waals surface area contributed by atoms with Gasteiger partial charge in [0.05, 0.1) is 10.7 Å². The van der Waals surface area contributed by atoms with Crippen molar-refractivity contribution in [2.75, 3.05) is 7.05 Å². The first-order valence-corrected chi connectivity index (χ1v) is 4.93. The van der Waals surface area contributed by atoms with Crippen LogP contribution in [0.3, 0.4) is 0 Å². The maximum absolute atomic E-state index is 4.23. The molecule has 0 amide bonds. The van der Waals surface area contributed by atoms with Crippen LogP contribution in [0.15, 0.2) is 16.2 Å². The second kappa shape index (κ2) is 4.93. The Morgan fingerprint density at radius 2 is 2.09 bits per heavy atom. The summed E-state index contributed by atoms with van der Waals surface area (Å²) in [5.41, 5.74) is 0.888. The van der Waals surface area contributed by atoms with Crippen LogP contribution in [0.5, 0.6) is 0 Å². The predicted octanol–water partition coefficient (Wildman–Crippen LogP) is 2.94. The molecule has 0 saturated carbocycles. The SMILES string of the molecule is C=C(Br)/C(C)=N\N(C)C(C)Br. The molecule has 0 heterocycles. The number of hydrogen-bond donors (Lipinski definition) is 0. The number of halogens is 2. The van der Waals surface area contributed by atoms with Gasteiger partial charge in [-0.3, -0.25) is 5.01 Å². The third-order valence-corrected chi connectivity index (χ3v) is 2.38. The van der Waals surface area contributed by atoms with Crippen LogP contribution in [-0.4, -0.2) is 22.7 Å². The maximum atomic E-state index is 4.23. The van der Waals surface area contributed by atoms with Gasteiger partial charge < -0.3 is 0 Å². The first-order valence-electron chi connectivity index (χ1n) is 3.22. The zero-order chi connectivity index (χ0) is 9.02. The van der Waals surface area contributed by atoms with Crippen molar-refractivity contribution in [3.05, 3.63) is 11.1 Å². The van der Waals surface area contributed by atoms with Crippen molar-refractivity contribution in [2.45, 2.75) is 18.8 Å². The highest BCUT2D eigenvalue weighted by molar-refractivity contribution is 9.12. The van der Waals surface area contributed by atoms with E-state index < -0.39 is 0 Å². The lowest BCUT2D eigenvalue weighted by molar-refractivity contribution is 0.353. The molecule has 64 valence electrons. The van der Waals surface area contributed by atoms with Gasteiger partial charge >= 0.3 is 0 Å². The topological polar surface area (TPSA) is 15.6 Å². The van der Waals surface area contributed by atoms with E-state index in [9.17, 15) is 0 Å². The number of nitrogens with zero attached hydrogens (tertiary/aromatic N) is 2. The van der Waals surface area contributed by atoms with E-state index in [1.54, 1.807) is 0 Å². The molecule has 0 spiro atoms. The molecule has 2 nitrogen and oxygen atoms in total. The predicted molar refractivity (Wildman–Crippen MR) is 57.3 cm³/mol. The minimum absolute atomic E-state index is 0.240. The third kappa shape index (κ3) is 4.58. The molecule has 0 radical (unpaired) electrons. The number of hydrazone groups is 1. The van der Waals surface area contributed by atoms with E-state index in [1.165, 1.54) is 0 Å². The van der Waals surface area contributed by atoms with Crippen molar-refractivity contribution >= 4 is 37.6 Å². The number of hydrogen-bond acceptors (Lipinski definition) is 2. The van der Waals surface area contributed by atoms with Crippen molar-refractivity contribution in [3.8, 4) is 0 Å². The fourth-order valence-corrected chi connectivity index (χ4v) is 0.541. The van der Waals surface area contributed by atoms with Gasteiger partial charge in [0.2, 0.25) is 0 Å². The molecule has 0 rings (SSSR count). The smallest absolute Gasteiger partial charge is 0.0986 e. The summed E-state index contributed by atoms with van der Waals surface area (Å²) < 4.78 is 0.817. The molecule has 0 aliphatic rings. The number of allylic oxidation sites excluding steroid dienone is 1. The molecular weight excluding hydrogens is 272 g/mol. The van der Waals surface area contributed by atoms with Crippen LogP contribution >= 0.6 is 31.9 Å². The average molecular weight is 284 g/mol. The highest BCUT2D eigenvalue weighted by Crippen LogP contribution is 2.08. The highest BCUT2D eigenvalue weighted by atomic mass is 79.9. The molecule has 0 saturated heterocycles. The molecule has 0 aromatic carbocycles. The van der Waals surface area contributed by atoms with Crippen LogP contribution in [0, 0.1) is 0 Å². The Kier molecular flexibility index (Phi) is 5.01. The zero-order valence-corrected chi connectivity index (χ0v) is 10.1. The molecule has 0 fully saturated rings. The Morgan fingerprint density at radius 1 is 1.64 bits per heavy atom. The summed E-state index contributed by atoms with van der Waals surface area (Å²) >= 11 is 6.64. The second-order valence-electron chi connectivity index (χ2n) is 2.24. The molecule has 4 heteroatoms. The summed E-state index contributed by atoms with van der Waals surface area (Å²) in [4.78, 5) is 0.240. The molecule has 0 aliphatic carbocycles. The van der Waals surface area contributed by atoms with Gasteiger partial charge in [0.25, 0.3) is 0 Å². The largest absolute Gasteiger partial charge is 0.286 e. The molecule has 0 aromatic rings. The fourth-order valence-electron chi connectivity index (χ4n) is 0.370. The van der Waals surface area contributed by atoms with Gasteiger partial charge in [-0.1, -0.05) is 22.5 Å². The number of alkyl halides is 1. The van der Waals surface area contributed by atoms with Gasteiger partial charge in [-0.25, -0.2) is 0 Å². The minimum atomic E-state index is 0.240. The first kappa shape index (κ1) is 11.2. The van der Waals surface area contributed by atoms with Crippen molar-refractivity contribution < 1.29 is 0 Å². The van der Waals surface area contributed by atoms with Crippen LogP contribution in [0.25, 0.3) is 0 Å². The molecule has 0 N–H and O–H groups in total. The Labute approximate surface area is 84.6 Å². The van der Waals surface area contributed by atoms with E-state index in [-0.39, 0.29) is 4.95 Å². The van der Waals surface area contributed by atoms with Crippen LogP contribution in [-0.2, 0) is 0 Å². The van der Waals surface area contributed by atoms with E-state index >= 15 is 0 Å². The molecule has 0 bridgehead atoms. The highest BCUT2D eigenvalue weighted by Gasteiger charge is 2.01. The lowest BCUT2D eigenvalue weighted by Crippen LogP contribution is -2.19. The molecule has 1 atom stereocenters. The van der Waals surface area contributed by atoms with Crippen molar-refractivity contribution in [1.29, 1.82) is 0 Å². The van der Waals surface area contributed by atoms with Gasteiger partial charge in [-0.2, -0.15) is 5.10 Å². The molecule has 11 heavy (non-hydrogen) atoms. The second-order valence-corrected chi connectivity index (χ2v) is 4.52. The maximum Gasteiger partial charge on any atom is 0.0986 e. The molecular formula is C7H12Br2N2. The van der Waals surface area contributed by atoms with E-state index in [0.717, 1.165) is 10.2 Å². The van der Waals surface area contributed by atoms with Gasteiger partial charge in [0.1, 0.15) is 0 Å². The van der Waals surface area contributed by atoms with E-state index in [2.05, 4.69) is 43.5 Å². The van der Waals surface area contributed by atoms with Crippen molar-refractivity contribution in [3.63, 3.8) is 0 Å². The number of rotatable bonds is 3. The Hall–Kier alpha value is 0.170. The summed E-state index contributed by atoms with van der Waals surface area (Å²) in [5, 5.41) is 6.05. The summed E-state index contributed by atoms with van der Waals surface area (Å²) in [6.45, 7) is 7.62. The third-order valence-electron chi connectivity index (χ3n) is 1.22. The standard InChI is InChI=1S/C7H12Br2N2/c1-5(8)6(2)10-11(4)7(3)9/h7H,1H2,2-4H3/b10-6-. The lowest BCUT2D eigenvalue weighted by Gasteiger charge is -2.16. The average Bonchev–Trinajstić information content (AvgIpc) is 1.87. The summed E-state index contributed by atoms with van der Waals surface area (Å²) in [6, 6.07) is 0. The van der Waals surface area contributed by atoms with Crippen LogP contribution < -0.4 is 0 Å². The fraction of sp³-hybridized carbons (Fsp3) is 0.571. The lowest BCUT2D eigenvalue weighted by atomic mass is 10.4.